The Kier molecular flexibility index (Phi) is 8.99. The molecule has 0 amide bonds. The van der Waals surface area contributed by atoms with E-state index in [0.717, 1.165) is 16.6 Å². The minimum absolute atomic E-state index is 0.831. The first-order chi connectivity index (χ1) is 11.6. The summed E-state index contributed by atoms with van der Waals surface area (Å²) in [5, 5.41) is 0. The second-order valence-electron chi connectivity index (χ2n) is 7.46. The molecule has 1 aromatic rings. The van der Waals surface area contributed by atoms with Gasteiger partial charge in [0.25, 0.3) is 0 Å². The molecule has 0 atom stereocenters. The van der Waals surface area contributed by atoms with Crippen molar-refractivity contribution in [3.05, 3.63) is 30.1 Å². The van der Waals surface area contributed by atoms with Crippen molar-refractivity contribution >= 4 is 18.2 Å². The van der Waals surface area contributed by atoms with E-state index in [1.807, 2.05) is 0 Å². The first-order valence-corrected chi connectivity index (χ1v) is 12.4. The molecule has 0 saturated heterocycles. The highest BCUT2D eigenvalue weighted by Gasteiger charge is 2.44. The number of pyridine rings is 1. The van der Waals surface area contributed by atoms with Crippen LogP contribution in [-0.2, 0) is 23.2 Å². The van der Waals surface area contributed by atoms with E-state index in [1.54, 1.807) is 0 Å². The normalized spacial score (nSPS) is 13.2. The van der Waals surface area contributed by atoms with E-state index < -0.39 is 23.7 Å². The third-order valence-corrected chi connectivity index (χ3v) is 13.1. The van der Waals surface area contributed by atoms with Crippen molar-refractivity contribution in [3.8, 4) is 0 Å². The van der Waals surface area contributed by atoms with E-state index in [1.165, 1.54) is 11.7 Å². The lowest BCUT2D eigenvalue weighted by Crippen LogP contribution is -2.50. The average Bonchev–Trinajstić information content (AvgIpc) is 2.43. The molecule has 9 heteroatoms. The second-order valence-corrected chi connectivity index (χ2v) is 14.9. The van der Waals surface area contributed by atoms with Crippen LogP contribution < -0.4 is 4.57 Å². The molecule has 152 valence electrons. The topological polar surface area (TPSA) is 61.1 Å². The first-order valence-electron chi connectivity index (χ1n) is 8.53. The number of aromatic nitrogens is 1. The predicted octanol–water partition coefficient (Wildman–Crippen LogP) is 4.32. The molecule has 0 aliphatic carbocycles. The van der Waals surface area contributed by atoms with Crippen LogP contribution in [0.2, 0.25) is 16.6 Å². The van der Waals surface area contributed by atoms with E-state index in [9.17, 15) is 13.2 Å². The predicted molar refractivity (Wildman–Crippen MR) is 98.1 cm³/mol. The van der Waals surface area contributed by atoms with Gasteiger partial charge in [-0.15, -0.1) is 0 Å². The Morgan fingerprint density at radius 3 is 1.69 bits per heavy atom. The van der Waals surface area contributed by atoms with Crippen molar-refractivity contribution in [2.24, 2.45) is 7.05 Å². The maximum absolute atomic E-state index is 10.7. The zero-order valence-corrected chi connectivity index (χ0v) is 18.3. The molecule has 0 bridgehead atoms. The van der Waals surface area contributed by atoms with Crippen LogP contribution >= 0.6 is 0 Å². The fourth-order valence-electron chi connectivity index (χ4n) is 3.67. The fraction of sp³-hybridized carbons (Fsp3) is 0.706. The summed E-state index contributed by atoms with van der Waals surface area (Å²) in [6.45, 7) is 14.6. The molecule has 0 radical (unpaired) electrons. The van der Waals surface area contributed by atoms with Crippen LogP contribution in [0, 0.1) is 0 Å². The van der Waals surface area contributed by atoms with E-state index in [-0.39, 0.29) is 0 Å². The molecule has 0 unspecified atom stereocenters. The summed E-state index contributed by atoms with van der Waals surface area (Å²) in [6.07, 6.45) is 2.18. The standard InChI is InChI=1S/C16H30NSi.CHF3O3S/c1-13(2)18(14(3)4,15(5)6)12-16-10-8-9-11-17(16)7;2-1(3,4)8(5,6)7/h8-11,13-15H,12H2,1-7H3;(H,5,6,7)/q+1;/p-1. The molecule has 0 aliphatic heterocycles. The van der Waals surface area contributed by atoms with Gasteiger partial charge in [0.2, 0.25) is 0 Å². The maximum Gasteiger partial charge on any atom is 0.485 e. The van der Waals surface area contributed by atoms with Crippen molar-refractivity contribution in [2.75, 3.05) is 0 Å². The number of hydrogen-bond acceptors (Lipinski definition) is 3. The number of nitrogens with zero attached hydrogens (tertiary/aromatic N) is 1. The van der Waals surface area contributed by atoms with Crippen molar-refractivity contribution in [1.29, 1.82) is 0 Å². The molecule has 26 heavy (non-hydrogen) atoms. The molecule has 0 N–H and O–H groups in total. The Balaban J connectivity index is 0.000000660. The molecule has 0 saturated carbocycles. The largest absolute Gasteiger partial charge is 0.741 e. The number of alkyl halides is 3. The molecule has 0 aliphatic rings. The number of rotatable bonds is 5. The van der Waals surface area contributed by atoms with Gasteiger partial charge in [0.05, 0.1) is 8.07 Å². The lowest BCUT2D eigenvalue weighted by atomic mass is 10.4. The van der Waals surface area contributed by atoms with E-state index >= 15 is 0 Å². The molecular weight excluding hydrogens is 383 g/mol. The number of hydrogen-bond donors (Lipinski definition) is 0. The van der Waals surface area contributed by atoms with Crippen LogP contribution in [0.4, 0.5) is 13.2 Å². The second kappa shape index (κ2) is 9.32. The SMILES string of the molecule is CC(C)[Si](Cc1cccc[n+]1C)(C(C)C)C(C)C.O=S(=O)([O-])C(F)(F)F. The summed E-state index contributed by atoms with van der Waals surface area (Å²) < 4.78 is 61.2. The molecule has 0 fully saturated rings. The molecule has 0 aromatic carbocycles. The Labute approximate surface area is 156 Å². The minimum Gasteiger partial charge on any atom is -0.741 e. The summed E-state index contributed by atoms with van der Waals surface area (Å²) in [6, 6.07) is 7.90. The van der Waals surface area contributed by atoms with Gasteiger partial charge >= 0.3 is 5.51 Å². The number of aryl methyl sites for hydroxylation is 1. The maximum atomic E-state index is 10.7. The quantitative estimate of drug-likeness (QED) is 0.313. The first kappa shape index (κ1) is 25.1. The van der Waals surface area contributed by atoms with Gasteiger partial charge in [-0.2, -0.15) is 13.2 Å². The summed E-state index contributed by atoms with van der Waals surface area (Å²) in [7, 11) is -5.23. The van der Waals surface area contributed by atoms with Crippen LogP contribution in [0.25, 0.3) is 0 Å². The average molecular weight is 414 g/mol. The van der Waals surface area contributed by atoms with Crippen LogP contribution in [0.5, 0.6) is 0 Å². The third kappa shape index (κ3) is 6.35. The van der Waals surface area contributed by atoms with Crippen molar-refractivity contribution < 1.29 is 30.7 Å². The Hall–Kier alpha value is -0.933. The van der Waals surface area contributed by atoms with E-state index in [2.05, 4.69) is 77.6 Å². The van der Waals surface area contributed by atoms with Crippen molar-refractivity contribution in [2.45, 2.75) is 69.7 Å². The van der Waals surface area contributed by atoms with E-state index in [0.29, 0.717) is 0 Å². The highest BCUT2D eigenvalue weighted by Crippen LogP contribution is 2.43. The zero-order chi connectivity index (χ0) is 20.9. The molecular formula is C17H30F3NO3SSi. The lowest BCUT2D eigenvalue weighted by molar-refractivity contribution is -0.678. The minimum atomic E-state index is -6.09. The van der Waals surface area contributed by atoms with Crippen molar-refractivity contribution in [1.82, 2.24) is 0 Å². The Bertz CT molecular complexity index is 652. The van der Waals surface area contributed by atoms with Crippen LogP contribution in [0.3, 0.4) is 0 Å². The molecule has 1 heterocycles. The summed E-state index contributed by atoms with van der Waals surface area (Å²) >= 11 is 0. The highest BCUT2D eigenvalue weighted by molar-refractivity contribution is 7.86. The summed E-state index contributed by atoms with van der Waals surface area (Å²) in [4.78, 5) is 0. The third-order valence-electron chi connectivity index (χ3n) is 5.16. The number of halogens is 3. The summed E-state index contributed by atoms with van der Waals surface area (Å²) in [5.74, 6) is 0. The van der Waals surface area contributed by atoms with Gasteiger partial charge in [0, 0.05) is 18.2 Å². The van der Waals surface area contributed by atoms with Crippen molar-refractivity contribution in [3.63, 3.8) is 0 Å². The monoisotopic (exact) mass is 413 g/mol. The molecule has 4 nitrogen and oxygen atoms in total. The molecule has 1 rings (SSSR count). The van der Waals surface area contributed by atoms with Gasteiger partial charge in [0.15, 0.2) is 22.0 Å². The van der Waals surface area contributed by atoms with Gasteiger partial charge < -0.3 is 4.55 Å². The van der Waals surface area contributed by atoms with Crippen LogP contribution in [-0.4, -0.2) is 26.6 Å². The van der Waals surface area contributed by atoms with Gasteiger partial charge in [-0.05, 0) is 0 Å². The van der Waals surface area contributed by atoms with E-state index in [4.69, 9.17) is 13.0 Å². The Morgan fingerprint density at radius 2 is 1.42 bits per heavy atom. The van der Waals surface area contributed by atoms with Crippen LogP contribution in [0.15, 0.2) is 24.4 Å². The summed E-state index contributed by atoms with van der Waals surface area (Å²) in [5.41, 5.74) is -1.65. The fourth-order valence-corrected chi connectivity index (χ4v) is 9.89. The van der Waals surface area contributed by atoms with Crippen LogP contribution in [0.1, 0.15) is 47.2 Å². The smallest absolute Gasteiger partial charge is 0.485 e. The van der Waals surface area contributed by atoms with Gasteiger partial charge in [-0.1, -0.05) is 64.2 Å². The highest BCUT2D eigenvalue weighted by atomic mass is 32.2. The lowest BCUT2D eigenvalue weighted by Gasteiger charge is -2.42. The molecule has 1 aromatic heterocycles. The van der Waals surface area contributed by atoms with Gasteiger partial charge in [-0.3, -0.25) is 0 Å². The zero-order valence-electron chi connectivity index (χ0n) is 16.5. The van der Waals surface area contributed by atoms with Gasteiger partial charge in [-0.25, -0.2) is 13.0 Å². The van der Waals surface area contributed by atoms with Gasteiger partial charge in [0.1, 0.15) is 7.05 Å². The Morgan fingerprint density at radius 1 is 1.04 bits per heavy atom. The molecule has 0 spiro atoms.